The SMILES string of the molecule is Cc1cc(C(F)(F)F)cc(O)c1-c1cnc(N[C@@H]2CCCN(CCO)C2)nn1. The molecular formula is C18H22F3N5O2. The Morgan fingerprint density at radius 3 is 2.68 bits per heavy atom. The monoisotopic (exact) mass is 397 g/mol. The van der Waals surface area contributed by atoms with Gasteiger partial charge in [0.2, 0.25) is 5.95 Å². The number of aliphatic hydroxyl groups is 1. The van der Waals surface area contributed by atoms with Crippen LogP contribution in [0, 0.1) is 6.92 Å². The van der Waals surface area contributed by atoms with Crippen molar-refractivity contribution in [3.05, 3.63) is 29.5 Å². The highest BCUT2D eigenvalue weighted by molar-refractivity contribution is 5.70. The van der Waals surface area contributed by atoms with Gasteiger partial charge in [-0.25, -0.2) is 4.98 Å². The molecule has 7 nitrogen and oxygen atoms in total. The molecule has 1 aliphatic rings. The highest BCUT2D eigenvalue weighted by atomic mass is 19.4. The topological polar surface area (TPSA) is 94.4 Å². The quantitative estimate of drug-likeness (QED) is 0.713. The summed E-state index contributed by atoms with van der Waals surface area (Å²) in [7, 11) is 0. The number of aromatic hydroxyl groups is 1. The van der Waals surface area contributed by atoms with Gasteiger partial charge in [0.25, 0.3) is 0 Å². The van der Waals surface area contributed by atoms with E-state index in [0.29, 0.717) is 18.6 Å². The van der Waals surface area contributed by atoms with Crippen LogP contribution in [-0.2, 0) is 6.18 Å². The second-order valence-corrected chi connectivity index (χ2v) is 6.86. The van der Waals surface area contributed by atoms with Crippen molar-refractivity contribution in [3.63, 3.8) is 0 Å². The number of hydrogen-bond acceptors (Lipinski definition) is 7. The molecule has 2 aromatic rings. The molecule has 1 aromatic heterocycles. The van der Waals surface area contributed by atoms with E-state index in [2.05, 4.69) is 25.4 Å². The van der Waals surface area contributed by atoms with Gasteiger partial charge >= 0.3 is 6.18 Å². The first-order valence-corrected chi connectivity index (χ1v) is 8.98. The first-order valence-electron chi connectivity index (χ1n) is 8.98. The fourth-order valence-corrected chi connectivity index (χ4v) is 3.42. The van der Waals surface area contributed by atoms with Crippen molar-refractivity contribution in [2.24, 2.45) is 0 Å². The molecule has 10 heteroatoms. The van der Waals surface area contributed by atoms with Crippen molar-refractivity contribution in [1.82, 2.24) is 20.1 Å². The van der Waals surface area contributed by atoms with Gasteiger partial charge in [0.15, 0.2) is 0 Å². The molecule has 3 N–H and O–H groups in total. The predicted molar refractivity (Wildman–Crippen MR) is 96.8 cm³/mol. The molecule has 0 radical (unpaired) electrons. The normalized spacial score (nSPS) is 18.2. The van der Waals surface area contributed by atoms with Gasteiger partial charge in [-0.2, -0.15) is 13.2 Å². The van der Waals surface area contributed by atoms with Gasteiger partial charge in [-0.1, -0.05) is 0 Å². The molecule has 0 saturated carbocycles. The zero-order valence-corrected chi connectivity index (χ0v) is 15.4. The van der Waals surface area contributed by atoms with Crippen LogP contribution in [0.4, 0.5) is 19.1 Å². The maximum absolute atomic E-state index is 12.9. The molecule has 0 amide bonds. The Bertz CT molecular complexity index is 789. The zero-order valence-electron chi connectivity index (χ0n) is 15.4. The third-order valence-corrected chi connectivity index (χ3v) is 4.71. The van der Waals surface area contributed by atoms with Gasteiger partial charge in [0.1, 0.15) is 11.4 Å². The highest BCUT2D eigenvalue weighted by Crippen LogP contribution is 2.38. The van der Waals surface area contributed by atoms with Crippen LogP contribution in [0.3, 0.4) is 0 Å². The standard InChI is InChI=1S/C18H22F3N5O2/c1-11-7-12(18(19,20)21)8-15(28)16(11)14-9-22-17(25-24-14)23-13-3-2-4-26(10-13)5-6-27/h7-9,13,27-28H,2-6,10H2,1H3,(H,22,23,25)/t13-/m1/s1. The van der Waals surface area contributed by atoms with Crippen LogP contribution in [0.25, 0.3) is 11.3 Å². The Labute approximate surface area is 160 Å². The second kappa shape index (κ2) is 8.27. The van der Waals surface area contributed by atoms with Crippen molar-refractivity contribution in [2.45, 2.75) is 32.0 Å². The fourth-order valence-electron chi connectivity index (χ4n) is 3.42. The van der Waals surface area contributed by atoms with Crippen molar-refractivity contribution >= 4 is 5.95 Å². The zero-order chi connectivity index (χ0) is 20.3. The lowest BCUT2D eigenvalue weighted by molar-refractivity contribution is -0.137. The van der Waals surface area contributed by atoms with Gasteiger partial charge in [0, 0.05) is 24.7 Å². The summed E-state index contributed by atoms with van der Waals surface area (Å²) < 4.78 is 38.6. The molecule has 28 heavy (non-hydrogen) atoms. The van der Waals surface area contributed by atoms with Crippen LogP contribution in [0.1, 0.15) is 24.0 Å². The number of aryl methyl sites for hydroxylation is 1. The van der Waals surface area contributed by atoms with E-state index in [0.717, 1.165) is 32.0 Å². The summed E-state index contributed by atoms with van der Waals surface area (Å²) in [5, 5.41) is 30.3. The minimum Gasteiger partial charge on any atom is -0.507 e. The molecule has 1 fully saturated rings. The largest absolute Gasteiger partial charge is 0.507 e. The van der Waals surface area contributed by atoms with Crippen LogP contribution in [0.15, 0.2) is 18.3 Å². The second-order valence-electron chi connectivity index (χ2n) is 6.86. The van der Waals surface area contributed by atoms with Crippen LogP contribution < -0.4 is 5.32 Å². The number of rotatable bonds is 5. The Hall–Kier alpha value is -2.46. The molecule has 0 spiro atoms. The lowest BCUT2D eigenvalue weighted by atomic mass is 10.0. The number of likely N-dealkylation sites (tertiary alicyclic amines) is 1. The Balaban J connectivity index is 1.74. The van der Waals surface area contributed by atoms with Crippen molar-refractivity contribution in [2.75, 3.05) is 31.6 Å². The van der Waals surface area contributed by atoms with E-state index in [1.807, 2.05) is 0 Å². The summed E-state index contributed by atoms with van der Waals surface area (Å²) in [6.07, 6.45) is -1.24. The minimum atomic E-state index is -4.54. The van der Waals surface area contributed by atoms with E-state index in [9.17, 15) is 18.3 Å². The number of alkyl halides is 3. The summed E-state index contributed by atoms with van der Waals surface area (Å²) in [6, 6.07) is 1.75. The summed E-state index contributed by atoms with van der Waals surface area (Å²) >= 11 is 0. The number of hydrogen-bond donors (Lipinski definition) is 3. The molecular weight excluding hydrogens is 375 g/mol. The molecule has 152 valence electrons. The number of nitrogens with one attached hydrogen (secondary N) is 1. The van der Waals surface area contributed by atoms with Crippen LogP contribution in [0.5, 0.6) is 5.75 Å². The van der Waals surface area contributed by atoms with Gasteiger partial charge in [-0.05, 0) is 44.0 Å². The maximum atomic E-state index is 12.9. The third-order valence-electron chi connectivity index (χ3n) is 4.71. The highest BCUT2D eigenvalue weighted by Gasteiger charge is 2.32. The molecule has 0 bridgehead atoms. The molecule has 0 aliphatic carbocycles. The Morgan fingerprint density at radius 2 is 2.07 bits per heavy atom. The Morgan fingerprint density at radius 1 is 1.29 bits per heavy atom. The first kappa shape index (κ1) is 20.3. The van der Waals surface area contributed by atoms with E-state index in [1.54, 1.807) is 0 Å². The van der Waals surface area contributed by atoms with E-state index >= 15 is 0 Å². The molecule has 1 atom stereocenters. The van der Waals surface area contributed by atoms with Gasteiger partial charge in [0.05, 0.1) is 18.4 Å². The Kier molecular flexibility index (Phi) is 5.99. The summed E-state index contributed by atoms with van der Waals surface area (Å²) in [6.45, 7) is 3.88. The number of β-amino-alcohol motifs (C(OH)–C–C–N with tert-alkyl or cyclic N) is 1. The lowest BCUT2D eigenvalue weighted by Crippen LogP contribution is -2.43. The summed E-state index contributed by atoms with van der Waals surface area (Å²) in [5.41, 5.74) is -0.322. The number of phenolic OH excluding ortho intramolecular Hbond substituents is 1. The summed E-state index contributed by atoms with van der Waals surface area (Å²) in [4.78, 5) is 6.33. The fraction of sp³-hybridized carbons (Fsp3) is 0.500. The molecule has 1 aliphatic heterocycles. The minimum absolute atomic E-state index is 0.107. The smallest absolute Gasteiger partial charge is 0.416 e. The van der Waals surface area contributed by atoms with E-state index in [-0.39, 0.29) is 29.5 Å². The van der Waals surface area contributed by atoms with E-state index in [1.165, 1.54) is 13.1 Å². The van der Waals surface area contributed by atoms with Crippen molar-refractivity contribution in [3.8, 4) is 17.0 Å². The van der Waals surface area contributed by atoms with Crippen molar-refractivity contribution < 1.29 is 23.4 Å². The molecule has 2 heterocycles. The number of nitrogens with zero attached hydrogens (tertiary/aromatic N) is 4. The van der Waals surface area contributed by atoms with E-state index in [4.69, 9.17) is 5.11 Å². The van der Waals surface area contributed by atoms with Crippen LogP contribution in [0.2, 0.25) is 0 Å². The first-order chi connectivity index (χ1) is 13.3. The lowest BCUT2D eigenvalue weighted by Gasteiger charge is -2.32. The number of anilines is 1. The number of piperidine rings is 1. The van der Waals surface area contributed by atoms with E-state index < -0.39 is 17.5 Å². The van der Waals surface area contributed by atoms with Gasteiger partial charge in [-0.15, -0.1) is 10.2 Å². The van der Waals surface area contributed by atoms with Gasteiger partial charge in [-0.3, -0.25) is 4.90 Å². The number of benzene rings is 1. The molecule has 0 unspecified atom stereocenters. The molecule has 1 aromatic carbocycles. The predicted octanol–water partition coefficient (Wildman–Crippen LogP) is 2.44. The number of aliphatic hydroxyl groups excluding tert-OH is 1. The van der Waals surface area contributed by atoms with Crippen molar-refractivity contribution in [1.29, 1.82) is 0 Å². The third kappa shape index (κ3) is 4.68. The average molecular weight is 397 g/mol. The molecule has 3 rings (SSSR count). The molecule has 1 saturated heterocycles. The summed E-state index contributed by atoms with van der Waals surface area (Å²) in [5.74, 6) is -0.209. The van der Waals surface area contributed by atoms with Crippen LogP contribution >= 0.6 is 0 Å². The van der Waals surface area contributed by atoms with Gasteiger partial charge < -0.3 is 15.5 Å². The number of aromatic nitrogens is 3. The van der Waals surface area contributed by atoms with Crippen LogP contribution in [-0.4, -0.2) is 62.6 Å². The number of halogens is 3. The number of phenols is 1. The maximum Gasteiger partial charge on any atom is 0.416 e. The average Bonchev–Trinajstić information content (AvgIpc) is 2.62.